The first-order valence-electron chi connectivity index (χ1n) is 5.35. The minimum atomic E-state index is -0.192. The van der Waals surface area contributed by atoms with Crippen LogP contribution < -0.4 is 4.74 Å². The Kier molecular flexibility index (Phi) is 4.50. The number of methoxy groups -OCH3 is 1. The summed E-state index contributed by atoms with van der Waals surface area (Å²) in [7, 11) is 1.52. The van der Waals surface area contributed by atoms with Crippen LogP contribution in [0.15, 0.2) is 40.9 Å². The summed E-state index contributed by atoms with van der Waals surface area (Å²) in [4.78, 5) is 12.5. The molecule has 0 aliphatic carbocycles. The zero-order chi connectivity index (χ0) is 14.0. The van der Waals surface area contributed by atoms with E-state index < -0.39 is 0 Å². The molecule has 0 saturated carbocycles. The molecule has 19 heavy (non-hydrogen) atoms. The molecule has 0 bridgehead atoms. The van der Waals surface area contributed by atoms with Crippen molar-refractivity contribution in [3.05, 3.63) is 62.0 Å². The summed E-state index contributed by atoms with van der Waals surface area (Å²) in [6.45, 7) is 0. The van der Waals surface area contributed by atoms with E-state index in [1.165, 1.54) is 7.11 Å². The van der Waals surface area contributed by atoms with E-state index in [4.69, 9.17) is 27.9 Å². The zero-order valence-corrected chi connectivity index (χ0v) is 13.0. The third-order valence-corrected chi connectivity index (χ3v) is 3.46. The molecule has 0 atom stereocenters. The van der Waals surface area contributed by atoms with Crippen molar-refractivity contribution in [3.8, 4) is 5.75 Å². The third-order valence-electron chi connectivity index (χ3n) is 2.53. The van der Waals surface area contributed by atoms with Gasteiger partial charge in [0.25, 0.3) is 0 Å². The van der Waals surface area contributed by atoms with Crippen molar-refractivity contribution >= 4 is 44.9 Å². The van der Waals surface area contributed by atoms with Gasteiger partial charge < -0.3 is 4.74 Å². The second-order valence-corrected chi connectivity index (χ2v) is 5.62. The molecule has 0 saturated heterocycles. The van der Waals surface area contributed by atoms with Crippen molar-refractivity contribution in [2.45, 2.75) is 0 Å². The third kappa shape index (κ3) is 3.30. The Morgan fingerprint density at radius 3 is 2.32 bits per heavy atom. The Morgan fingerprint density at radius 1 is 1.11 bits per heavy atom. The molecule has 0 aliphatic rings. The van der Waals surface area contributed by atoms with Gasteiger partial charge >= 0.3 is 0 Å². The quantitative estimate of drug-likeness (QED) is 0.721. The van der Waals surface area contributed by atoms with Crippen molar-refractivity contribution in [1.82, 2.24) is 0 Å². The highest BCUT2D eigenvalue weighted by molar-refractivity contribution is 9.10. The molecule has 2 nitrogen and oxygen atoms in total. The van der Waals surface area contributed by atoms with Crippen molar-refractivity contribution < 1.29 is 9.53 Å². The highest BCUT2D eigenvalue weighted by Crippen LogP contribution is 2.27. The van der Waals surface area contributed by atoms with E-state index in [1.807, 2.05) is 0 Å². The van der Waals surface area contributed by atoms with Crippen LogP contribution in [0.5, 0.6) is 5.75 Å². The van der Waals surface area contributed by atoms with E-state index in [0.29, 0.717) is 26.9 Å². The number of carbonyl (C=O) groups is 1. The van der Waals surface area contributed by atoms with Gasteiger partial charge in [-0.05, 0) is 36.4 Å². The molecule has 0 radical (unpaired) electrons. The summed E-state index contributed by atoms with van der Waals surface area (Å²) in [5.41, 5.74) is 0.879. The summed E-state index contributed by atoms with van der Waals surface area (Å²) in [5.74, 6) is 0.312. The number of hydrogen-bond acceptors (Lipinski definition) is 2. The van der Waals surface area contributed by atoms with Crippen LogP contribution in [0.3, 0.4) is 0 Å². The Morgan fingerprint density at radius 2 is 1.74 bits per heavy atom. The highest BCUT2D eigenvalue weighted by Gasteiger charge is 2.16. The van der Waals surface area contributed by atoms with Crippen LogP contribution in [0, 0.1) is 0 Å². The van der Waals surface area contributed by atoms with Crippen molar-refractivity contribution in [2.75, 3.05) is 7.11 Å². The molecule has 2 rings (SSSR count). The van der Waals surface area contributed by atoms with Gasteiger partial charge in [0, 0.05) is 20.1 Å². The topological polar surface area (TPSA) is 26.3 Å². The SMILES string of the molecule is COc1ccc(Br)cc1C(=O)c1cc(Cl)cc(Cl)c1. The fourth-order valence-electron chi connectivity index (χ4n) is 1.70. The lowest BCUT2D eigenvalue weighted by molar-refractivity contribution is 0.103. The predicted octanol–water partition coefficient (Wildman–Crippen LogP) is 5.00. The first-order chi connectivity index (χ1) is 9.01. The molecule has 5 heteroatoms. The maximum Gasteiger partial charge on any atom is 0.196 e. The summed E-state index contributed by atoms with van der Waals surface area (Å²) in [5, 5.41) is 0.842. The van der Waals surface area contributed by atoms with Gasteiger partial charge in [0.1, 0.15) is 5.75 Å². The number of carbonyl (C=O) groups excluding carboxylic acids is 1. The molecular weight excluding hydrogens is 351 g/mol. The lowest BCUT2D eigenvalue weighted by Gasteiger charge is -2.08. The van der Waals surface area contributed by atoms with Crippen LogP contribution in [0.2, 0.25) is 10.0 Å². The zero-order valence-electron chi connectivity index (χ0n) is 9.91. The van der Waals surface area contributed by atoms with Crippen LogP contribution in [0.25, 0.3) is 0 Å². The van der Waals surface area contributed by atoms with E-state index in [9.17, 15) is 4.79 Å². The van der Waals surface area contributed by atoms with Gasteiger partial charge in [-0.2, -0.15) is 0 Å². The minimum absolute atomic E-state index is 0.192. The molecular formula is C14H9BrCl2O2. The van der Waals surface area contributed by atoms with E-state index in [0.717, 1.165) is 4.47 Å². The maximum atomic E-state index is 12.5. The number of hydrogen-bond donors (Lipinski definition) is 0. The van der Waals surface area contributed by atoms with Gasteiger partial charge in [0.05, 0.1) is 12.7 Å². The molecule has 0 heterocycles. The Balaban J connectivity index is 2.52. The van der Waals surface area contributed by atoms with Gasteiger partial charge in [-0.15, -0.1) is 0 Å². The molecule has 0 aliphatic heterocycles. The molecule has 2 aromatic rings. The van der Waals surface area contributed by atoms with Crippen molar-refractivity contribution in [3.63, 3.8) is 0 Å². The fourth-order valence-corrected chi connectivity index (χ4v) is 2.59. The van der Waals surface area contributed by atoms with Crippen LogP contribution in [-0.4, -0.2) is 12.9 Å². The summed E-state index contributed by atoms with van der Waals surface area (Å²) in [6.07, 6.45) is 0. The van der Waals surface area contributed by atoms with Gasteiger partial charge in [-0.3, -0.25) is 4.79 Å². The number of ether oxygens (including phenoxy) is 1. The highest BCUT2D eigenvalue weighted by atomic mass is 79.9. The average Bonchev–Trinajstić information content (AvgIpc) is 2.36. The molecule has 2 aromatic carbocycles. The molecule has 0 unspecified atom stereocenters. The second kappa shape index (κ2) is 5.95. The number of benzene rings is 2. The summed E-state index contributed by atoms with van der Waals surface area (Å²) >= 11 is 15.2. The van der Waals surface area contributed by atoms with Crippen LogP contribution in [0.1, 0.15) is 15.9 Å². The number of halogens is 3. The normalized spacial score (nSPS) is 10.3. The lowest BCUT2D eigenvalue weighted by atomic mass is 10.0. The van der Waals surface area contributed by atoms with E-state index in [2.05, 4.69) is 15.9 Å². The van der Waals surface area contributed by atoms with Gasteiger partial charge in [0.2, 0.25) is 0 Å². The summed E-state index contributed by atoms with van der Waals surface area (Å²) in [6, 6.07) is 9.98. The molecule has 0 spiro atoms. The van der Waals surface area contributed by atoms with Crippen LogP contribution in [0.4, 0.5) is 0 Å². The van der Waals surface area contributed by atoms with E-state index in [-0.39, 0.29) is 5.78 Å². The number of ketones is 1. The number of rotatable bonds is 3. The van der Waals surface area contributed by atoms with Crippen LogP contribution in [-0.2, 0) is 0 Å². The molecule has 0 aromatic heterocycles. The summed E-state index contributed by atoms with van der Waals surface area (Å²) < 4.78 is 5.99. The molecule has 98 valence electrons. The van der Waals surface area contributed by atoms with Gasteiger partial charge in [-0.1, -0.05) is 39.1 Å². The molecule has 0 amide bonds. The largest absolute Gasteiger partial charge is 0.496 e. The molecule has 0 N–H and O–H groups in total. The second-order valence-electron chi connectivity index (χ2n) is 3.83. The first-order valence-corrected chi connectivity index (χ1v) is 6.90. The van der Waals surface area contributed by atoms with Gasteiger partial charge in [-0.25, -0.2) is 0 Å². The fraction of sp³-hybridized carbons (Fsp3) is 0.0714. The van der Waals surface area contributed by atoms with Gasteiger partial charge in [0.15, 0.2) is 5.78 Å². The lowest BCUT2D eigenvalue weighted by Crippen LogP contribution is -2.04. The smallest absolute Gasteiger partial charge is 0.196 e. The van der Waals surface area contributed by atoms with Crippen molar-refractivity contribution in [2.24, 2.45) is 0 Å². The standard InChI is InChI=1S/C14H9BrCl2O2/c1-19-13-3-2-9(15)6-12(13)14(18)8-4-10(16)7-11(17)5-8/h2-7H,1H3. The van der Waals surface area contributed by atoms with E-state index >= 15 is 0 Å². The Hall–Kier alpha value is -1.03. The monoisotopic (exact) mass is 358 g/mol. The molecule has 0 fully saturated rings. The minimum Gasteiger partial charge on any atom is -0.496 e. The average molecular weight is 360 g/mol. The van der Waals surface area contributed by atoms with Crippen LogP contribution >= 0.6 is 39.1 Å². The maximum absolute atomic E-state index is 12.5. The Bertz CT molecular complexity index is 621. The van der Waals surface area contributed by atoms with Crippen molar-refractivity contribution in [1.29, 1.82) is 0 Å². The Labute approximate surface area is 129 Å². The predicted molar refractivity (Wildman–Crippen MR) is 80.6 cm³/mol. The first kappa shape index (κ1) is 14.4. The van der Waals surface area contributed by atoms with E-state index in [1.54, 1.807) is 36.4 Å².